The maximum Gasteiger partial charge on any atom is 0.0127 e. The van der Waals surface area contributed by atoms with Gasteiger partial charge in [-0.2, -0.15) is 0 Å². The van der Waals surface area contributed by atoms with E-state index in [0.29, 0.717) is 0 Å². The molecule has 0 aromatic rings. The number of hydrogen-bond acceptors (Lipinski definition) is 1. The molecule has 0 spiro atoms. The third kappa shape index (κ3) is 3.54. The molecule has 0 aromatic heterocycles. The maximum atomic E-state index is 3.12. The minimum absolute atomic E-state index is 0.962. The number of hydrogen-bond donors (Lipinski definition) is 0. The fourth-order valence-electron chi connectivity index (χ4n) is 10.4. The fraction of sp³-hybridized carbons (Fsp3) is 1.00. The molecular weight excluding hydrogens is 350 g/mol. The van der Waals surface area contributed by atoms with E-state index in [-0.39, 0.29) is 0 Å². The van der Waals surface area contributed by atoms with Crippen LogP contribution in [0.5, 0.6) is 0 Å². The van der Waals surface area contributed by atoms with Crippen molar-refractivity contribution in [2.24, 2.45) is 47.3 Å². The van der Waals surface area contributed by atoms with E-state index in [2.05, 4.69) is 11.8 Å². The lowest BCUT2D eigenvalue weighted by atomic mass is 9.56. The highest BCUT2D eigenvalue weighted by Crippen LogP contribution is 2.57. The van der Waals surface area contributed by atoms with Gasteiger partial charge in [0.05, 0.1) is 0 Å². The number of nitrogens with zero attached hydrogens (tertiary/aromatic N) is 1. The van der Waals surface area contributed by atoms with E-state index < -0.39 is 0 Å². The van der Waals surface area contributed by atoms with E-state index in [9.17, 15) is 0 Å². The van der Waals surface area contributed by atoms with Gasteiger partial charge in [0.25, 0.3) is 0 Å². The Morgan fingerprint density at radius 2 is 1.28 bits per heavy atom. The lowest BCUT2D eigenvalue weighted by molar-refractivity contribution is -0.0229. The molecule has 0 aromatic carbocycles. The van der Waals surface area contributed by atoms with Crippen LogP contribution in [0.2, 0.25) is 0 Å². The Balaban J connectivity index is 1.25. The van der Waals surface area contributed by atoms with Gasteiger partial charge in [-0.3, -0.25) is 4.90 Å². The standard InChI is InChI=1S/C28H47N/c1-19-15-22-17-23(29-14-13-21-8-3-5-12-28(21)29)18-27(26(22)16-19)25-11-6-9-20-7-2-4-10-24(20)25/h19-28H,2-18H2,1H3. The van der Waals surface area contributed by atoms with Crippen LogP contribution < -0.4 is 0 Å². The quantitative estimate of drug-likeness (QED) is 0.472. The summed E-state index contributed by atoms with van der Waals surface area (Å²) in [5, 5.41) is 0. The van der Waals surface area contributed by atoms with Crippen LogP contribution in [0.3, 0.4) is 0 Å². The Morgan fingerprint density at radius 3 is 2.21 bits per heavy atom. The molecule has 6 rings (SSSR count). The molecule has 0 amide bonds. The van der Waals surface area contributed by atoms with Crippen molar-refractivity contribution in [1.82, 2.24) is 4.90 Å². The van der Waals surface area contributed by atoms with Crippen LogP contribution >= 0.6 is 0 Å². The minimum atomic E-state index is 0.962. The molecule has 10 unspecified atom stereocenters. The molecule has 0 N–H and O–H groups in total. The summed E-state index contributed by atoms with van der Waals surface area (Å²) < 4.78 is 0. The van der Waals surface area contributed by atoms with Crippen molar-refractivity contribution in [3.05, 3.63) is 0 Å². The van der Waals surface area contributed by atoms with Crippen molar-refractivity contribution in [2.75, 3.05) is 6.54 Å². The first-order chi connectivity index (χ1) is 14.3. The van der Waals surface area contributed by atoms with Gasteiger partial charge in [-0.1, -0.05) is 51.9 Å². The molecule has 164 valence electrons. The summed E-state index contributed by atoms with van der Waals surface area (Å²) in [6, 6.07) is 1.95. The average molecular weight is 398 g/mol. The smallest absolute Gasteiger partial charge is 0.0127 e. The summed E-state index contributed by atoms with van der Waals surface area (Å²) in [5.74, 6) is 8.72. The van der Waals surface area contributed by atoms with E-state index in [0.717, 1.165) is 59.4 Å². The van der Waals surface area contributed by atoms with Crippen LogP contribution in [0.15, 0.2) is 0 Å². The Bertz CT molecular complexity index is 569. The maximum absolute atomic E-state index is 3.12. The van der Waals surface area contributed by atoms with Gasteiger partial charge in [0.1, 0.15) is 0 Å². The molecule has 0 radical (unpaired) electrons. The lowest BCUT2D eigenvalue weighted by Crippen LogP contribution is -2.50. The van der Waals surface area contributed by atoms with Crippen LogP contribution in [-0.2, 0) is 0 Å². The summed E-state index contributed by atoms with van der Waals surface area (Å²) >= 11 is 0. The Labute approximate surface area is 180 Å². The second kappa shape index (κ2) is 8.14. The predicted molar refractivity (Wildman–Crippen MR) is 122 cm³/mol. The number of fused-ring (bicyclic) bond motifs is 3. The van der Waals surface area contributed by atoms with Crippen molar-refractivity contribution in [3.63, 3.8) is 0 Å². The zero-order valence-corrected chi connectivity index (χ0v) is 19.2. The van der Waals surface area contributed by atoms with Gasteiger partial charge >= 0.3 is 0 Å². The SMILES string of the molecule is CC1CC2CC(N3CCC4CCCCC43)CC(C3CCCC4CCCCC43)C2C1. The van der Waals surface area contributed by atoms with Gasteiger partial charge in [-0.15, -0.1) is 0 Å². The molecule has 5 saturated carbocycles. The zero-order chi connectivity index (χ0) is 19.4. The van der Waals surface area contributed by atoms with Crippen LogP contribution in [0, 0.1) is 47.3 Å². The molecule has 29 heavy (non-hydrogen) atoms. The first kappa shape index (κ1) is 19.6. The summed E-state index contributed by atoms with van der Waals surface area (Å²) in [6.07, 6.45) is 25.0. The third-order valence-corrected chi connectivity index (χ3v) is 11.4. The van der Waals surface area contributed by atoms with Gasteiger partial charge in [0.15, 0.2) is 0 Å². The number of likely N-dealkylation sites (tertiary alicyclic amines) is 1. The Hall–Kier alpha value is -0.0400. The molecule has 10 atom stereocenters. The molecular formula is C28H47N. The highest BCUT2D eigenvalue weighted by Gasteiger charge is 2.51. The van der Waals surface area contributed by atoms with Crippen molar-refractivity contribution in [3.8, 4) is 0 Å². The first-order valence-corrected chi connectivity index (χ1v) is 14.0. The fourth-order valence-corrected chi connectivity index (χ4v) is 10.4. The Kier molecular flexibility index (Phi) is 5.51. The monoisotopic (exact) mass is 397 g/mol. The molecule has 1 saturated heterocycles. The lowest BCUT2D eigenvalue weighted by Gasteiger charge is -2.52. The van der Waals surface area contributed by atoms with Crippen molar-refractivity contribution < 1.29 is 0 Å². The molecule has 1 aliphatic heterocycles. The van der Waals surface area contributed by atoms with E-state index >= 15 is 0 Å². The molecule has 1 heteroatoms. The van der Waals surface area contributed by atoms with E-state index in [1.165, 1.54) is 32.2 Å². The predicted octanol–water partition coefficient (Wildman–Crippen LogP) is 7.30. The molecule has 5 aliphatic carbocycles. The first-order valence-electron chi connectivity index (χ1n) is 14.0. The van der Waals surface area contributed by atoms with E-state index in [1.807, 2.05) is 0 Å². The van der Waals surface area contributed by atoms with Crippen molar-refractivity contribution in [1.29, 1.82) is 0 Å². The molecule has 1 nitrogen and oxygen atoms in total. The van der Waals surface area contributed by atoms with Gasteiger partial charge in [0, 0.05) is 12.1 Å². The highest BCUT2D eigenvalue weighted by atomic mass is 15.2. The van der Waals surface area contributed by atoms with Gasteiger partial charge < -0.3 is 0 Å². The second-order valence-electron chi connectivity index (χ2n) is 12.7. The zero-order valence-electron chi connectivity index (χ0n) is 19.2. The highest BCUT2D eigenvalue weighted by molar-refractivity contribution is 5.03. The summed E-state index contributed by atoms with van der Waals surface area (Å²) in [6.45, 7) is 4.04. The van der Waals surface area contributed by atoms with Crippen LogP contribution in [0.1, 0.15) is 110 Å². The summed E-state index contributed by atoms with van der Waals surface area (Å²) in [4.78, 5) is 3.12. The summed E-state index contributed by atoms with van der Waals surface area (Å²) in [5.41, 5.74) is 0. The average Bonchev–Trinajstić information content (AvgIpc) is 3.35. The largest absolute Gasteiger partial charge is 0.297 e. The van der Waals surface area contributed by atoms with E-state index in [4.69, 9.17) is 0 Å². The van der Waals surface area contributed by atoms with Crippen LogP contribution in [0.25, 0.3) is 0 Å². The van der Waals surface area contributed by atoms with Gasteiger partial charge in [-0.05, 0) is 112 Å². The topological polar surface area (TPSA) is 3.24 Å². The third-order valence-electron chi connectivity index (χ3n) is 11.4. The molecule has 6 aliphatic rings. The van der Waals surface area contributed by atoms with Gasteiger partial charge in [-0.25, -0.2) is 0 Å². The summed E-state index contributed by atoms with van der Waals surface area (Å²) in [7, 11) is 0. The van der Waals surface area contributed by atoms with Crippen molar-refractivity contribution in [2.45, 2.75) is 122 Å². The molecule has 1 heterocycles. The van der Waals surface area contributed by atoms with Crippen LogP contribution in [-0.4, -0.2) is 23.5 Å². The van der Waals surface area contributed by atoms with Crippen LogP contribution in [0.4, 0.5) is 0 Å². The molecule has 6 fully saturated rings. The van der Waals surface area contributed by atoms with Gasteiger partial charge in [0.2, 0.25) is 0 Å². The molecule has 0 bridgehead atoms. The Morgan fingerprint density at radius 1 is 0.517 bits per heavy atom. The van der Waals surface area contributed by atoms with Crippen molar-refractivity contribution >= 4 is 0 Å². The number of rotatable bonds is 2. The van der Waals surface area contributed by atoms with E-state index in [1.54, 1.807) is 77.0 Å². The second-order valence-corrected chi connectivity index (χ2v) is 12.7. The minimum Gasteiger partial charge on any atom is -0.297 e. The normalized spacial score (nSPS) is 53.3.